The minimum absolute atomic E-state index is 0.194. The number of hydrogen-bond acceptors (Lipinski definition) is 7. The minimum atomic E-state index is -0.931. The summed E-state index contributed by atoms with van der Waals surface area (Å²) in [6, 6.07) is 8.85. The van der Waals surface area contributed by atoms with E-state index in [4.69, 9.17) is 10.2 Å². The number of rotatable bonds is 5. The zero-order valence-electron chi connectivity index (χ0n) is 19.2. The Morgan fingerprint density at radius 1 is 0.914 bits per heavy atom. The summed E-state index contributed by atoms with van der Waals surface area (Å²) in [7, 11) is 0. The monoisotopic (exact) mass is 469 g/mol. The molecule has 8 nitrogen and oxygen atoms in total. The first-order chi connectivity index (χ1) is 17.2. The molecule has 2 aromatic rings. The maximum Gasteiger partial charge on any atom is 0.335 e. The average molecular weight is 470 g/mol. The molecule has 2 aliphatic heterocycles. The molecule has 178 valence electrons. The summed E-state index contributed by atoms with van der Waals surface area (Å²) in [6.07, 6.45) is 8.41. The van der Waals surface area contributed by atoms with Gasteiger partial charge in [-0.05, 0) is 59.3 Å². The number of β-amino-alcohol motifs (C(OH)–C–C–N with tert-alkyl or cyclic N) is 1. The lowest BCUT2D eigenvalue weighted by molar-refractivity contribution is -0.0894. The summed E-state index contributed by atoms with van der Waals surface area (Å²) in [5.41, 5.74) is 3.05. The van der Waals surface area contributed by atoms with Crippen molar-refractivity contribution in [1.82, 2.24) is 14.9 Å². The van der Waals surface area contributed by atoms with Gasteiger partial charge >= 0.3 is 5.97 Å². The average Bonchev–Trinajstić information content (AvgIpc) is 3.32. The highest BCUT2D eigenvalue weighted by atomic mass is 16.4. The smallest absolute Gasteiger partial charge is 0.335 e. The van der Waals surface area contributed by atoms with Crippen LogP contribution in [-0.4, -0.2) is 68.7 Å². The van der Waals surface area contributed by atoms with E-state index in [1.165, 1.54) is 0 Å². The Morgan fingerprint density at radius 2 is 1.51 bits per heavy atom. The maximum absolute atomic E-state index is 11.4. The Balaban J connectivity index is 1.30. The quantitative estimate of drug-likeness (QED) is 0.650. The molecule has 3 heterocycles. The molecule has 1 aromatic heterocycles. The number of likely N-dealkylation sites (tertiary alicyclic amines) is 1. The largest absolute Gasteiger partial charge is 0.478 e. The summed E-state index contributed by atoms with van der Waals surface area (Å²) in [4.78, 5) is 22.8. The summed E-state index contributed by atoms with van der Waals surface area (Å²) in [5.74, 6) is 3.21. The molecule has 8 atom stereocenters. The number of allylic oxidation sites excluding steroid dienone is 2. The molecule has 8 rings (SSSR count). The lowest BCUT2D eigenvalue weighted by Crippen LogP contribution is -2.66. The first-order valence-electron chi connectivity index (χ1n) is 12.4. The summed E-state index contributed by atoms with van der Waals surface area (Å²) < 4.78 is 0. The van der Waals surface area contributed by atoms with Crippen molar-refractivity contribution >= 4 is 17.4 Å². The molecule has 35 heavy (non-hydrogen) atoms. The van der Waals surface area contributed by atoms with Crippen LogP contribution in [-0.2, 0) is 0 Å². The number of carboxylic acid groups (broad SMARTS) is 1. The number of fused-ring (bicyclic) bond motifs is 1. The van der Waals surface area contributed by atoms with Crippen molar-refractivity contribution in [3.05, 3.63) is 71.8 Å². The van der Waals surface area contributed by atoms with Crippen LogP contribution in [0, 0.1) is 47.3 Å². The second-order valence-corrected chi connectivity index (χ2v) is 10.5. The molecule has 3 fully saturated rings. The minimum Gasteiger partial charge on any atom is -0.478 e. The first kappa shape index (κ1) is 21.1. The Labute approximate surface area is 203 Å². The maximum atomic E-state index is 11.4. The Morgan fingerprint density at radius 3 is 2.11 bits per heavy atom. The van der Waals surface area contributed by atoms with Gasteiger partial charge in [0.05, 0.1) is 17.9 Å². The highest BCUT2D eigenvalue weighted by Gasteiger charge is 2.68. The number of hydrogen-bond donors (Lipinski definition) is 2. The van der Waals surface area contributed by atoms with E-state index in [0.717, 1.165) is 36.6 Å². The number of nitrogens with zero attached hydrogens (tertiary/aromatic N) is 5. The number of aromatic nitrogens is 2. The van der Waals surface area contributed by atoms with E-state index in [1.54, 1.807) is 24.5 Å². The van der Waals surface area contributed by atoms with Gasteiger partial charge in [0.25, 0.3) is 0 Å². The van der Waals surface area contributed by atoms with Crippen molar-refractivity contribution in [3.63, 3.8) is 0 Å². The van der Waals surface area contributed by atoms with Crippen LogP contribution in [0.1, 0.15) is 21.7 Å². The van der Waals surface area contributed by atoms with Gasteiger partial charge < -0.3 is 15.1 Å². The van der Waals surface area contributed by atoms with Gasteiger partial charge in [0.2, 0.25) is 0 Å². The molecule has 2 bridgehead atoms. The lowest BCUT2D eigenvalue weighted by atomic mass is 9.38. The van der Waals surface area contributed by atoms with E-state index >= 15 is 0 Å². The third-order valence-electron chi connectivity index (χ3n) is 9.12. The topological polar surface area (TPSA) is 111 Å². The molecule has 0 radical (unpaired) electrons. The highest BCUT2D eigenvalue weighted by molar-refractivity contribution is 6.12. The van der Waals surface area contributed by atoms with Gasteiger partial charge in [-0.1, -0.05) is 24.3 Å². The van der Waals surface area contributed by atoms with E-state index in [-0.39, 0.29) is 24.0 Å². The number of aliphatic hydroxyl groups excluding tert-OH is 1. The van der Waals surface area contributed by atoms with Crippen LogP contribution in [0.15, 0.2) is 65.1 Å². The number of benzene rings is 1. The number of aliphatic hydroxyl groups is 1. The fourth-order valence-electron chi connectivity index (χ4n) is 7.86. The molecule has 8 heteroatoms. The number of aromatic carboxylic acids is 1. The lowest BCUT2D eigenvalue weighted by Gasteiger charge is -2.65. The molecule has 1 saturated heterocycles. The predicted octanol–water partition coefficient (Wildman–Crippen LogP) is 2.22. The zero-order valence-corrected chi connectivity index (χ0v) is 19.2. The molecule has 8 unspecified atom stereocenters. The van der Waals surface area contributed by atoms with Crippen LogP contribution < -0.4 is 0 Å². The van der Waals surface area contributed by atoms with Crippen LogP contribution in [0.4, 0.5) is 0 Å². The Bertz CT molecular complexity index is 1260. The van der Waals surface area contributed by atoms with E-state index in [2.05, 4.69) is 27.0 Å². The van der Waals surface area contributed by atoms with Crippen LogP contribution in [0.2, 0.25) is 0 Å². The first-order valence-corrected chi connectivity index (χ1v) is 12.4. The molecular weight excluding hydrogens is 442 g/mol. The van der Waals surface area contributed by atoms with Crippen LogP contribution in [0.3, 0.4) is 0 Å². The van der Waals surface area contributed by atoms with Gasteiger partial charge in [0, 0.05) is 43.9 Å². The van der Waals surface area contributed by atoms with Gasteiger partial charge in [-0.25, -0.2) is 14.8 Å². The van der Waals surface area contributed by atoms with E-state index in [9.17, 15) is 15.0 Å². The highest BCUT2D eigenvalue weighted by Crippen LogP contribution is 2.67. The van der Waals surface area contributed by atoms with Gasteiger partial charge in [-0.3, -0.25) is 0 Å². The molecular formula is C27H27N5O3. The molecule has 6 aliphatic rings. The van der Waals surface area contributed by atoms with E-state index in [1.807, 2.05) is 18.2 Å². The van der Waals surface area contributed by atoms with Crippen LogP contribution >= 0.6 is 0 Å². The molecule has 0 spiro atoms. The van der Waals surface area contributed by atoms with Crippen molar-refractivity contribution in [3.8, 4) is 0 Å². The number of carboxylic acids is 1. The Kier molecular flexibility index (Phi) is 4.76. The summed E-state index contributed by atoms with van der Waals surface area (Å²) >= 11 is 0. The van der Waals surface area contributed by atoms with Crippen LogP contribution in [0.25, 0.3) is 0 Å². The molecule has 1 aromatic carbocycles. The molecule has 4 aliphatic carbocycles. The normalized spacial score (nSPS) is 36.5. The van der Waals surface area contributed by atoms with Crippen LogP contribution in [0.5, 0.6) is 0 Å². The standard InChI is InChI=1S/C27H27N5O3/c33-11-10-32-12-18-16-6-7-17(19(18)13-32)21-20(16)22-23(21)25(26-28-8-1-9-29-26)31-30-24(22)14-2-4-15(5-3-14)27(34)35/h1-9,16-23,33H,10-13H2,(H,34,35). The fraction of sp³-hybridized carbons (Fsp3) is 0.444. The van der Waals surface area contributed by atoms with Crippen molar-refractivity contribution in [2.75, 3.05) is 26.2 Å². The van der Waals surface area contributed by atoms with Crippen molar-refractivity contribution in [2.24, 2.45) is 57.5 Å². The fourth-order valence-corrected chi connectivity index (χ4v) is 7.86. The molecule has 2 saturated carbocycles. The van der Waals surface area contributed by atoms with Gasteiger partial charge in [0.1, 0.15) is 5.71 Å². The van der Waals surface area contributed by atoms with Crippen molar-refractivity contribution < 1.29 is 15.0 Å². The Hall–Kier alpha value is -3.23. The number of carbonyl (C=O) groups is 1. The summed E-state index contributed by atoms with van der Waals surface area (Å²) in [5, 5.41) is 28.3. The summed E-state index contributed by atoms with van der Waals surface area (Å²) in [6.45, 7) is 3.02. The molecule has 2 N–H and O–H groups in total. The molecule has 0 amide bonds. The van der Waals surface area contributed by atoms with E-state index in [0.29, 0.717) is 41.3 Å². The predicted molar refractivity (Wildman–Crippen MR) is 129 cm³/mol. The van der Waals surface area contributed by atoms with Gasteiger partial charge in [-0.2, -0.15) is 10.2 Å². The second-order valence-electron chi connectivity index (χ2n) is 10.5. The third-order valence-corrected chi connectivity index (χ3v) is 9.12. The third kappa shape index (κ3) is 3.02. The van der Waals surface area contributed by atoms with Gasteiger partial charge in [0.15, 0.2) is 5.82 Å². The SMILES string of the molecule is O=C(O)c1ccc(C2=NN=C(c3ncccn3)C3C2C2C4C=CC(C5CN(CCO)CC45)C32)cc1. The van der Waals surface area contributed by atoms with E-state index < -0.39 is 5.97 Å². The van der Waals surface area contributed by atoms with Crippen molar-refractivity contribution in [2.45, 2.75) is 0 Å². The van der Waals surface area contributed by atoms with Gasteiger partial charge in [-0.15, -0.1) is 0 Å². The zero-order chi connectivity index (χ0) is 23.7. The second kappa shape index (κ2) is 7.90. The van der Waals surface area contributed by atoms with Crippen molar-refractivity contribution in [1.29, 1.82) is 0 Å².